The van der Waals surface area contributed by atoms with Crippen LogP contribution in [0.2, 0.25) is 0 Å². The maximum atomic E-state index is 12.4. The van der Waals surface area contributed by atoms with Crippen molar-refractivity contribution in [2.24, 2.45) is 0 Å². The van der Waals surface area contributed by atoms with Crippen LogP contribution in [-0.4, -0.2) is 16.6 Å². The molecule has 0 radical (unpaired) electrons. The first-order valence-electron chi connectivity index (χ1n) is 7.49. The van der Waals surface area contributed by atoms with Gasteiger partial charge in [-0.3, -0.25) is 4.79 Å². The van der Waals surface area contributed by atoms with Crippen LogP contribution >= 0.6 is 0 Å². The highest BCUT2D eigenvalue weighted by molar-refractivity contribution is 5.89. The maximum Gasteiger partial charge on any atom is 0.257 e. The summed E-state index contributed by atoms with van der Waals surface area (Å²) in [7, 11) is 0. The van der Waals surface area contributed by atoms with E-state index in [0.717, 1.165) is 27.5 Å². The number of aromatic nitrogens is 2. The summed E-state index contributed by atoms with van der Waals surface area (Å²) >= 11 is 0. The van der Waals surface area contributed by atoms with Gasteiger partial charge in [-0.05, 0) is 41.8 Å². The number of benzene rings is 2. The fraction of sp³-hybridized carbons (Fsp3) is 0.0526. The van der Waals surface area contributed by atoms with Crippen molar-refractivity contribution in [2.75, 3.05) is 6.61 Å². The molecule has 0 saturated carbocycles. The second-order valence-corrected chi connectivity index (χ2v) is 5.48. The van der Waals surface area contributed by atoms with Gasteiger partial charge in [0.25, 0.3) is 5.56 Å². The van der Waals surface area contributed by atoms with E-state index < -0.39 is 0 Å². The van der Waals surface area contributed by atoms with Crippen molar-refractivity contribution in [2.45, 2.75) is 0 Å². The molecule has 5 nitrogen and oxygen atoms in total. The lowest BCUT2D eigenvalue weighted by Gasteiger charge is -2.01. The first-order chi connectivity index (χ1) is 11.7. The normalized spacial score (nSPS) is 10.8. The minimum absolute atomic E-state index is 0.00707. The molecule has 116 valence electrons. The number of ether oxygens (including phenoxy) is 1. The molecule has 0 bridgehead atoms. The molecule has 2 aromatic carbocycles. The molecule has 24 heavy (non-hydrogen) atoms. The molecule has 2 heterocycles. The molecular formula is C19H13N3O2. The smallest absolute Gasteiger partial charge is 0.257 e. The maximum absolute atomic E-state index is 12.4. The molecule has 0 amide bonds. The van der Waals surface area contributed by atoms with Gasteiger partial charge in [-0.15, -0.1) is 0 Å². The third kappa shape index (κ3) is 2.40. The lowest BCUT2D eigenvalue weighted by atomic mass is 10.1. The molecule has 5 heteroatoms. The van der Waals surface area contributed by atoms with Gasteiger partial charge in [-0.2, -0.15) is 5.26 Å². The summed E-state index contributed by atoms with van der Waals surface area (Å²) in [6.45, 7) is 0.00707. The van der Waals surface area contributed by atoms with E-state index in [0.29, 0.717) is 11.3 Å². The van der Waals surface area contributed by atoms with Crippen molar-refractivity contribution in [1.82, 2.24) is 9.97 Å². The largest absolute Gasteiger partial charge is 0.479 e. The molecule has 0 aliphatic rings. The average Bonchev–Trinajstić information content (AvgIpc) is 3.02. The van der Waals surface area contributed by atoms with Crippen molar-refractivity contribution >= 4 is 21.8 Å². The monoisotopic (exact) mass is 315 g/mol. The second kappa shape index (κ2) is 5.60. The Morgan fingerprint density at radius 1 is 0.958 bits per heavy atom. The number of rotatable bonds is 3. The van der Waals surface area contributed by atoms with Crippen LogP contribution in [-0.2, 0) is 0 Å². The first-order valence-corrected chi connectivity index (χ1v) is 7.49. The van der Waals surface area contributed by atoms with Crippen LogP contribution < -0.4 is 10.3 Å². The van der Waals surface area contributed by atoms with Crippen LogP contribution in [0.3, 0.4) is 0 Å². The van der Waals surface area contributed by atoms with Crippen LogP contribution in [0.15, 0.2) is 59.4 Å². The van der Waals surface area contributed by atoms with Gasteiger partial charge in [0.1, 0.15) is 11.8 Å². The number of H-pyrrole nitrogens is 2. The van der Waals surface area contributed by atoms with Gasteiger partial charge in [-0.1, -0.05) is 18.2 Å². The zero-order valence-electron chi connectivity index (χ0n) is 12.7. The van der Waals surface area contributed by atoms with Crippen LogP contribution in [0.5, 0.6) is 5.75 Å². The summed E-state index contributed by atoms with van der Waals surface area (Å²) in [5.41, 5.74) is 2.91. The quantitative estimate of drug-likeness (QED) is 0.606. The molecule has 0 aliphatic heterocycles. The number of nitrogens with zero attached hydrogens (tertiary/aromatic N) is 1. The Morgan fingerprint density at radius 2 is 1.79 bits per heavy atom. The number of pyridine rings is 1. The van der Waals surface area contributed by atoms with Gasteiger partial charge in [-0.25, -0.2) is 0 Å². The summed E-state index contributed by atoms with van der Waals surface area (Å²) in [6.07, 6.45) is 0. The number of nitriles is 1. The summed E-state index contributed by atoms with van der Waals surface area (Å²) in [5.74, 6) is 0.627. The Labute approximate surface area is 137 Å². The van der Waals surface area contributed by atoms with Gasteiger partial charge in [0, 0.05) is 16.4 Å². The van der Waals surface area contributed by atoms with Crippen molar-refractivity contribution in [3.8, 4) is 23.1 Å². The Bertz CT molecular complexity index is 1150. The van der Waals surface area contributed by atoms with Crippen molar-refractivity contribution < 1.29 is 4.74 Å². The summed E-state index contributed by atoms with van der Waals surface area (Å²) in [5, 5.41) is 10.5. The molecule has 4 rings (SSSR count). The van der Waals surface area contributed by atoms with E-state index in [9.17, 15) is 4.79 Å². The lowest BCUT2D eigenvalue weighted by Crippen LogP contribution is -2.08. The second-order valence-electron chi connectivity index (χ2n) is 5.48. The third-order valence-corrected chi connectivity index (χ3v) is 3.94. The fourth-order valence-corrected chi connectivity index (χ4v) is 2.81. The Balaban J connectivity index is 1.83. The van der Waals surface area contributed by atoms with Crippen LogP contribution in [0, 0.1) is 11.3 Å². The number of hydrogen-bond donors (Lipinski definition) is 2. The van der Waals surface area contributed by atoms with Gasteiger partial charge in [0.15, 0.2) is 6.61 Å². The van der Waals surface area contributed by atoms with Crippen molar-refractivity contribution in [3.63, 3.8) is 0 Å². The van der Waals surface area contributed by atoms with Crippen molar-refractivity contribution in [1.29, 1.82) is 5.26 Å². The molecule has 2 aromatic heterocycles. The standard InChI is InChI=1S/C19H13N3O2/c20-7-8-24-14-5-6-17-13(9-14)11-18(21-17)15-10-12-3-1-2-4-16(12)22-19(15)23/h1-6,9-11,21H,8H2,(H,22,23). The summed E-state index contributed by atoms with van der Waals surface area (Å²) in [6, 6.07) is 18.9. The van der Waals surface area contributed by atoms with Gasteiger partial charge < -0.3 is 14.7 Å². The molecule has 0 fully saturated rings. The van der Waals surface area contributed by atoms with Gasteiger partial charge in [0.2, 0.25) is 0 Å². The summed E-state index contributed by atoms with van der Waals surface area (Å²) < 4.78 is 5.32. The Morgan fingerprint density at radius 3 is 2.67 bits per heavy atom. The van der Waals surface area contributed by atoms with Crippen LogP contribution in [0.1, 0.15) is 0 Å². The SMILES string of the molecule is N#CCOc1ccc2[nH]c(-c3cc4ccccc4[nH]c3=O)cc2c1. The van der Waals surface area contributed by atoms with Gasteiger partial charge in [0.05, 0.1) is 11.3 Å². The van der Waals surface area contributed by atoms with Gasteiger partial charge >= 0.3 is 0 Å². The number of nitrogens with one attached hydrogen (secondary N) is 2. The van der Waals surface area contributed by atoms with Crippen LogP contribution in [0.4, 0.5) is 0 Å². The summed E-state index contributed by atoms with van der Waals surface area (Å²) in [4.78, 5) is 18.5. The zero-order valence-corrected chi connectivity index (χ0v) is 12.7. The molecule has 2 N–H and O–H groups in total. The fourth-order valence-electron chi connectivity index (χ4n) is 2.81. The van der Waals surface area contributed by atoms with Crippen LogP contribution in [0.25, 0.3) is 33.1 Å². The molecule has 0 aliphatic carbocycles. The molecule has 0 spiro atoms. The minimum Gasteiger partial charge on any atom is -0.479 e. The predicted molar refractivity (Wildman–Crippen MR) is 93.0 cm³/mol. The van der Waals surface area contributed by atoms with E-state index in [1.807, 2.05) is 54.6 Å². The number of fused-ring (bicyclic) bond motifs is 2. The average molecular weight is 315 g/mol. The number of para-hydroxylation sites is 1. The zero-order chi connectivity index (χ0) is 16.5. The molecule has 0 unspecified atom stereocenters. The Kier molecular flexibility index (Phi) is 3.29. The number of aromatic amines is 2. The molecular weight excluding hydrogens is 302 g/mol. The first kappa shape index (κ1) is 14.1. The van der Waals surface area contributed by atoms with E-state index in [-0.39, 0.29) is 12.2 Å². The highest BCUT2D eigenvalue weighted by Gasteiger charge is 2.09. The van der Waals surface area contributed by atoms with E-state index in [4.69, 9.17) is 10.00 Å². The lowest BCUT2D eigenvalue weighted by molar-refractivity contribution is 0.368. The topological polar surface area (TPSA) is 81.7 Å². The van der Waals surface area contributed by atoms with Crippen molar-refractivity contribution in [3.05, 3.63) is 65.0 Å². The van der Waals surface area contributed by atoms with E-state index in [1.165, 1.54) is 0 Å². The number of hydrogen-bond acceptors (Lipinski definition) is 3. The molecule has 0 saturated heterocycles. The third-order valence-electron chi connectivity index (χ3n) is 3.94. The highest BCUT2D eigenvalue weighted by Crippen LogP contribution is 2.26. The van der Waals surface area contributed by atoms with E-state index in [1.54, 1.807) is 6.07 Å². The predicted octanol–water partition coefficient (Wildman–Crippen LogP) is 3.58. The van der Waals surface area contributed by atoms with E-state index in [2.05, 4.69) is 9.97 Å². The van der Waals surface area contributed by atoms with E-state index >= 15 is 0 Å². The molecule has 0 atom stereocenters. The minimum atomic E-state index is -0.138. The Hall–Kier alpha value is -3.52. The molecule has 4 aromatic rings. The highest BCUT2D eigenvalue weighted by atomic mass is 16.5.